The van der Waals surface area contributed by atoms with Crippen LogP contribution in [0.2, 0.25) is 0 Å². The Morgan fingerprint density at radius 2 is 1.89 bits per heavy atom. The number of aryl methyl sites for hydroxylation is 1. The Labute approximate surface area is 166 Å². The van der Waals surface area contributed by atoms with Crippen LogP contribution in [0.3, 0.4) is 0 Å². The minimum absolute atomic E-state index is 0.0133. The summed E-state index contributed by atoms with van der Waals surface area (Å²) in [6.07, 6.45) is 2.56. The second-order valence-electron chi connectivity index (χ2n) is 7.70. The summed E-state index contributed by atoms with van der Waals surface area (Å²) < 4.78 is 29.2. The van der Waals surface area contributed by atoms with E-state index in [1.54, 1.807) is 13.9 Å². The highest BCUT2D eigenvalue weighted by Crippen LogP contribution is 2.29. The number of fused-ring (bicyclic) bond motifs is 1. The van der Waals surface area contributed by atoms with Crippen LogP contribution in [0.1, 0.15) is 46.9 Å². The van der Waals surface area contributed by atoms with Crippen molar-refractivity contribution < 1.29 is 13.2 Å². The van der Waals surface area contributed by atoms with Gasteiger partial charge in [0.1, 0.15) is 5.69 Å². The number of amides is 1. The fourth-order valence-electron chi connectivity index (χ4n) is 4.05. The van der Waals surface area contributed by atoms with Gasteiger partial charge in [0.15, 0.2) is 0 Å². The summed E-state index contributed by atoms with van der Waals surface area (Å²) in [5.74, 6) is 0.0289. The molecule has 2 aromatic rings. The lowest BCUT2D eigenvalue weighted by atomic mass is 9.96. The van der Waals surface area contributed by atoms with Gasteiger partial charge in [-0.25, -0.2) is 12.7 Å². The van der Waals surface area contributed by atoms with Gasteiger partial charge in [-0.1, -0.05) is 30.3 Å². The number of piperidine rings is 1. The fraction of sp³-hybridized carbons (Fsp3) is 0.500. The molecule has 1 amide bonds. The van der Waals surface area contributed by atoms with Gasteiger partial charge >= 0.3 is 0 Å². The van der Waals surface area contributed by atoms with Gasteiger partial charge < -0.3 is 4.90 Å². The van der Waals surface area contributed by atoms with E-state index in [9.17, 15) is 13.2 Å². The van der Waals surface area contributed by atoms with Crippen molar-refractivity contribution in [3.05, 3.63) is 53.3 Å². The molecule has 1 saturated heterocycles. The van der Waals surface area contributed by atoms with Gasteiger partial charge in [0.2, 0.25) is 10.0 Å². The molecule has 0 bridgehead atoms. The van der Waals surface area contributed by atoms with Crippen molar-refractivity contribution in [1.82, 2.24) is 19.0 Å². The molecular formula is C20H26N4O3S. The van der Waals surface area contributed by atoms with Crippen molar-refractivity contribution in [2.75, 3.05) is 26.7 Å². The standard InChI is InChI=1S/C20H26N4O3S/c1-22-10-6-12-24-19(20(22)25)13-18(21-24)17-9-5-11-23(14-17)28(26,27)15-16-7-3-2-4-8-16/h2-4,7-8,13,17H,5-6,9-12,14-15H2,1H3. The van der Waals surface area contributed by atoms with Crippen LogP contribution in [-0.4, -0.2) is 60.0 Å². The molecule has 1 aromatic carbocycles. The lowest BCUT2D eigenvalue weighted by Crippen LogP contribution is -2.39. The van der Waals surface area contributed by atoms with E-state index in [1.165, 1.54) is 0 Å². The zero-order chi connectivity index (χ0) is 19.7. The number of hydrogen-bond donors (Lipinski definition) is 0. The zero-order valence-corrected chi connectivity index (χ0v) is 16.9. The molecule has 1 fully saturated rings. The summed E-state index contributed by atoms with van der Waals surface area (Å²) in [4.78, 5) is 14.2. The number of sulfonamides is 1. The van der Waals surface area contributed by atoms with Crippen LogP contribution in [0.4, 0.5) is 0 Å². The van der Waals surface area contributed by atoms with Crippen molar-refractivity contribution in [2.24, 2.45) is 0 Å². The number of carbonyl (C=O) groups is 1. The molecule has 2 aliphatic rings. The van der Waals surface area contributed by atoms with Gasteiger partial charge in [0, 0.05) is 39.1 Å². The van der Waals surface area contributed by atoms with E-state index in [-0.39, 0.29) is 17.6 Å². The highest BCUT2D eigenvalue weighted by atomic mass is 32.2. The van der Waals surface area contributed by atoms with E-state index in [0.717, 1.165) is 37.1 Å². The molecule has 3 heterocycles. The molecule has 2 aliphatic heterocycles. The molecule has 8 heteroatoms. The average molecular weight is 403 g/mol. The largest absolute Gasteiger partial charge is 0.340 e. The normalized spacial score (nSPS) is 21.4. The predicted octanol–water partition coefficient (Wildman–Crippen LogP) is 2.07. The topological polar surface area (TPSA) is 75.5 Å². The van der Waals surface area contributed by atoms with Crippen LogP contribution in [0.5, 0.6) is 0 Å². The Balaban J connectivity index is 1.52. The molecule has 0 saturated carbocycles. The van der Waals surface area contributed by atoms with E-state index in [0.29, 0.717) is 25.3 Å². The SMILES string of the molecule is CN1CCCn2nc(C3CCCN(S(=O)(=O)Cc4ccccc4)C3)cc2C1=O. The number of rotatable bonds is 4. The number of carbonyl (C=O) groups excluding carboxylic acids is 1. The third kappa shape index (κ3) is 3.84. The Morgan fingerprint density at radius 3 is 2.68 bits per heavy atom. The predicted molar refractivity (Wildman–Crippen MR) is 106 cm³/mol. The van der Waals surface area contributed by atoms with Gasteiger partial charge in [-0.2, -0.15) is 5.10 Å². The van der Waals surface area contributed by atoms with Crippen molar-refractivity contribution in [3.8, 4) is 0 Å². The summed E-state index contributed by atoms with van der Waals surface area (Å²) in [5.41, 5.74) is 2.24. The monoisotopic (exact) mass is 402 g/mol. The molecular weight excluding hydrogens is 376 g/mol. The van der Waals surface area contributed by atoms with Crippen LogP contribution in [-0.2, 0) is 22.3 Å². The van der Waals surface area contributed by atoms with E-state index in [2.05, 4.69) is 5.10 Å². The summed E-state index contributed by atoms with van der Waals surface area (Å²) in [7, 11) is -1.57. The molecule has 0 N–H and O–H groups in total. The molecule has 4 rings (SSSR count). The van der Waals surface area contributed by atoms with Gasteiger partial charge in [-0.05, 0) is 30.9 Å². The van der Waals surface area contributed by atoms with E-state index < -0.39 is 10.0 Å². The van der Waals surface area contributed by atoms with E-state index in [1.807, 2.05) is 43.4 Å². The summed E-state index contributed by atoms with van der Waals surface area (Å²) in [6, 6.07) is 11.1. The van der Waals surface area contributed by atoms with Crippen LogP contribution >= 0.6 is 0 Å². The first-order chi connectivity index (χ1) is 13.4. The molecule has 28 heavy (non-hydrogen) atoms. The average Bonchev–Trinajstić information content (AvgIpc) is 3.07. The number of nitrogens with zero attached hydrogens (tertiary/aromatic N) is 4. The van der Waals surface area contributed by atoms with Gasteiger partial charge in [0.25, 0.3) is 5.91 Å². The van der Waals surface area contributed by atoms with Crippen molar-refractivity contribution >= 4 is 15.9 Å². The molecule has 1 aromatic heterocycles. The third-order valence-corrected chi connectivity index (χ3v) is 7.43. The van der Waals surface area contributed by atoms with Crippen molar-refractivity contribution in [1.29, 1.82) is 0 Å². The fourth-order valence-corrected chi connectivity index (χ4v) is 5.66. The first-order valence-corrected chi connectivity index (χ1v) is 11.4. The molecule has 0 aliphatic carbocycles. The molecule has 0 spiro atoms. The molecule has 1 unspecified atom stereocenters. The van der Waals surface area contributed by atoms with E-state index in [4.69, 9.17) is 0 Å². The minimum atomic E-state index is -3.38. The van der Waals surface area contributed by atoms with Crippen LogP contribution in [0, 0.1) is 0 Å². The highest BCUT2D eigenvalue weighted by molar-refractivity contribution is 7.88. The van der Waals surface area contributed by atoms with E-state index >= 15 is 0 Å². The molecule has 150 valence electrons. The molecule has 1 atom stereocenters. The maximum Gasteiger partial charge on any atom is 0.271 e. The van der Waals surface area contributed by atoms with Gasteiger partial charge in [-0.3, -0.25) is 9.48 Å². The molecule has 7 nitrogen and oxygen atoms in total. The quantitative estimate of drug-likeness (QED) is 0.785. The number of hydrogen-bond acceptors (Lipinski definition) is 4. The summed E-state index contributed by atoms with van der Waals surface area (Å²) in [5, 5.41) is 4.67. The number of aromatic nitrogens is 2. The lowest BCUT2D eigenvalue weighted by Gasteiger charge is -2.31. The second kappa shape index (κ2) is 7.67. The number of benzene rings is 1. The third-order valence-electron chi connectivity index (χ3n) is 5.62. The smallest absolute Gasteiger partial charge is 0.271 e. The second-order valence-corrected chi connectivity index (χ2v) is 9.67. The van der Waals surface area contributed by atoms with Crippen molar-refractivity contribution in [3.63, 3.8) is 0 Å². The Bertz CT molecular complexity index is 955. The zero-order valence-electron chi connectivity index (χ0n) is 16.1. The first-order valence-electron chi connectivity index (χ1n) is 9.79. The Morgan fingerprint density at radius 1 is 1.11 bits per heavy atom. The van der Waals surface area contributed by atoms with Crippen LogP contribution < -0.4 is 0 Å². The maximum atomic E-state index is 12.9. The van der Waals surface area contributed by atoms with Crippen molar-refractivity contribution in [2.45, 2.75) is 37.5 Å². The first kappa shape index (κ1) is 19.1. The van der Waals surface area contributed by atoms with Gasteiger partial charge in [0.05, 0.1) is 11.4 Å². The van der Waals surface area contributed by atoms with Crippen LogP contribution in [0.25, 0.3) is 0 Å². The molecule has 0 radical (unpaired) electrons. The minimum Gasteiger partial charge on any atom is -0.340 e. The summed E-state index contributed by atoms with van der Waals surface area (Å²) in [6.45, 7) is 2.41. The van der Waals surface area contributed by atoms with Gasteiger partial charge in [-0.15, -0.1) is 0 Å². The Hall–Kier alpha value is -2.19. The highest BCUT2D eigenvalue weighted by Gasteiger charge is 2.32. The summed E-state index contributed by atoms with van der Waals surface area (Å²) >= 11 is 0. The Kier molecular flexibility index (Phi) is 5.25. The van der Waals surface area contributed by atoms with Crippen LogP contribution in [0.15, 0.2) is 36.4 Å². The lowest BCUT2D eigenvalue weighted by molar-refractivity contribution is 0.0796. The maximum absolute atomic E-state index is 12.9.